The number of carbonyl (C=O) groups excluding carboxylic acids is 1. The SMILES string of the molecule is Cc1ccc(-c2cc(C=O)cc(-c3ccccc3)n2)cc1. The molecule has 3 rings (SSSR count). The van der Waals surface area contributed by atoms with Crippen LogP contribution in [0, 0.1) is 6.92 Å². The Balaban J connectivity index is 2.13. The number of nitrogens with zero attached hydrogens (tertiary/aromatic N) is 1. The minimum Gasteiger partial charge on any atom is -0.298 e. The van der Waals surface area contributed by atoms with Crippen molar-refractivity contribution in [3.63, 3.8) is 0 Å². The zero-order chi connectivity index (χ0) is 14.7. The summed E-state index contributed by atoms with van der Waals surface area (Å²) in [7, 11) is 0. The first-order valence-electron chi connectivity index (χ1n) is 6.86. The summed E-state index contributed by atoms with van der Waals surface area (Å²) in [4.78, 5) is 15.9. The summed E-state index contributed by atoms with van der Waals surface area (Å²) in [5.41, 5.74) is 5.50. The smallest absolute Gasteiger partial charge is 0.150 e. The van der Waals surface area contributed by atoms with Gasteiger partial charge in [-0.2, -0.15) is 0 Å². The highest BCUT2D eigenvalue weighted by atomic mass is 16.1. The lowest BCUT2D eigenvalue weighted by atomic mass is 10.0. The molecule has 0 atom stereocenters. The number of aryl methyl sites for hydroxylation is 1. The molecule has 0 fully saturated rings. The van der Waals surface area contributed by atoms with Gasteiger partial charge < -0.3 is 0 Å². The average molecular weight is 273 g/mol. The lowest BCUT2D eigenvalue weighted by molar-refractivity contribution is 0.112. The third-order valence-corrected chi connectivity index (χ3v) is 3.40. The summed E-state index contributed by atoms with van der Waals surface area (Å²) in [5, 5.41) is 0. The molecule has 0 aliphatic rings. The molecule has 1 heterocycles. The third kappa shape index (κ3) is 2.90. The maximum atomic E-state index is 11.2. The van der Waals surface area contributed by atoms with Gasteiger partial charge in [0.25, 0.3) is 0 Å². The molecule has 2 aromatic carbocycles. The van der Waals surface area contributed by atoms with Crippen LogP contribution in [0.3, 0.4) is 0 Å². The van der Waals surface area contributed by atoms with E-state index in [0.29, 0.717) is 5.56 Å². The molecule has 3 aromatic rings. The molecule has 0 bridgehead atoms. The molecule has 0 saturated carbocycles. The Morgan fingerprint density at radius 3 is 1.95 bits per heavy atom. The zero-order valence-corrected chi connectivity index (χ0v) is 11.8. The van der Waals surface area contributed by atoms with Crippen molar-refractivity contribution in [2.75, 3.05) is 0 Å². The van der Waals surface area contributed by atoms with Crippen molar-refractivity contribution in [1.29, 1.82) is 0 Å². The van der Waals surface area contributed by atoms with Crippen molar-refractivity contribution in [3.05, 3.63) is 77.9 Å². The van der Waals surface area contributed by atoms with Crippen LogP contribution < -0.4 is 0 Å². The average Bonchev–Trinajstić information content (AvgIpc) is 2.56. The summed E-state index contributed by atoms with van der Waals surface area (Å²) in [5.74, 6) is 0. The number of carbonyl (C=O) groups is 1. The summed E-state index contributed by atoms with van der Waals surface area (Å²) >= 11 is 0. The Morgan fingerprint density at radius 1 is 0.810 bits per heavy atom. The molecule has 21 heavy (non-hydrogen) atoms. The first kappa shape index (κ1) is 13.3. The molecule has 0 radical (unpaired) electrons. The maximum absolute atomic E-state index is 11.2. The number of pyridine rings is 1. The monoisotopic (exact) mass is 273 g/mol. The van der Waals surface area contributed by atoms with E-state index in [-0.39, 0.29) is 0 Å². The van der Waals surface area contributed by atoms with Crippen molar-refractivity contribution in [3.8, 4) is 22.5 Å². The normalized spacial score (nSPS) is 10.3. The predicted octanol–water partition coefficient (Wildman–Crippen LogP) is 4.54. The van der Waals surface area contributed by atoms with Crippen LogP contribution in [0.25, 0.3) is 22.5 Å². The van der Waals surface area contributed by atoms with E-state index in [4.69, 9.17) is 4.98 Å². The molecule has 0 aliphatic carbocycles. The van der Waals surface area contributed by atoms with E-state index in [1.54, 1.807) is 0 Å². The fraction of sp³-hybridized carbons (Fsp3) is 0.0526. The lowest BCUT2D eigenvalue weighted by Gasteiger charge is -2.07. The van der Waals surface area contributed by atoms with Crippen molar-refractivity contribution >= 4 is 6.29 Å². The minimum atomic E-state index is 0.638. The summed E-state index contributed by atoms with van der Waals surface area (Å²) in [6.45, 7) is 2.05. The number of aldehydes is 1. The van der Waals surface area contributed by atoms with Crippen molar-refractivity contribution in [1.82, 2.24) is 4.98 Å². The molecule has 0 N–H and O–H groups in total. The molecule has 0 amide bonds. The second-order valence-corrected chi connectivity index (χ2v) is 5.02. The van der Waals surface area contributed by atoms with Crippen molar-refractivity contribution in [2.45, 2.75) is 6.92 Å². The van der Waals surface area contributed by atoms with Crippen LogP contribution in [0.4, 0.5) is 0 Å². The number of hydrogen-bond donors (Lipinski definition) is 0. The van der Waals surface area contributed by atoms with E-state index in [0.717, 1.165) is 28.8 Å². The van der Waals surface area contributed by atoms with Gasteiger partial charge in [0.15, 0.2) is 0 Å². The van der Waals surface area contributed by atoms with Gasteiger partial charge in [-0.05, 0) is 19.1 Å². The third-order valence-electron chi connectivity index (χ3n) is 3.40. The van der Waals surface area contributed by atoms with E-state index < -0.39 is 0 Å². The molecular formula is C19H15NO. The van der Waals surface area contributed by atoms with Gasteiger partial charge in [0.2, 0.25) is 0 Å². The van der Waals surface area contributed by atoms with Gasteiger partial charge in [0, 0.05) is 16.7 Å². The first-order chi connectivity index (χ1) is 10.3. The van der Waals surface area contributed by atoms with Gasteiger partial charge in [-0.1, -0.05) is 60.2 Å². The van der Waals surface area contributed by atoms with E-state index in [9.17, 15) is 4.79 Å². The fourth-order valence-corrected chi connectivity index (χ4v) is 2.25. The van der Waals surface area contributed by atoms with Gasteiger partial charge in [-0.25, -0.2) is 4.98 Å². The second-order valence-electron chi connectivity index (χ2n) is 5.02. The molecular weight excluding hydrogens is 258 g/mol. The Kier molecular flexibility index (Phi) is 3.61. The van der Waals surface area contributed by atoms with Crippen LogP contribution in [0.1, 0.15) is 15.9 Å². The van der Waals surface area contributed by atoms with E-state index >= 15 is 0 Å². The molecule has 0 saturated heterocycles. The Labute approximate surface area is 124 Å². The van der Waals surface area contributed by atoms with Crippen LogP contribution >= 0.6 is 0 Å². The van der Waals surface area contributed by atoms with Crippen LogP contribution in [0.15, 0.2) is 66.7 Å². The van der Waals surface area contributed by atoms with Gasteiger partial charge in [0.1, 0.15) is 6.29 Å². The van der Waals surface area contributed by atoms with Gasteiger partial charge in [-0.3, -0.25) is 4.79 Å². The highest BCUT2D eigenvalue weighted by molar-refractivity contribution is 5.81. The zero-order valence-electron chi connectivity index (χ0n) is 11.8. The number of aromatic nitrogens is 1. The molecule has 2 nitrogen and oxygen atoms in total. The summed E-state index contributed by atoms with van der Waals surface area (Å²) in [6, 6.07) is 21.7. The summed E-state index contributed by atoms with van der Waals surface area (Å²) < 4.78 is 0. The van der Waals surface area contributed by atoms with Crippen molar-refractivity contribution in [2.24, 2.45) is 0 Å². The Hall–Kier alpha value is -2.74. The van der Waals surface area contributed by atoms with Gasteiger partial charge >= 0.3 is 0 Å². The molecule has 0 unspecified atom stereocenters. The highest BCUT2D eigenvalue weighted by Crippen LogP contribution is 2.24. The molecule has 0 spiro atoms. The summed E-state index contributed by atoms with van der Waals surface area (Å²) in [6.07, 6.45) is 0.867. The molecule has 1 aromatic heterocycles. The van der Waals surface area contributed by atoms with Gasteiger partial charge in [-0.15, -0.1) is 0 Å². The standard InChI is InChI=1S/C19H15NO/c1-14-7-9-17(10-8-14)19-12-15(13-21)11-18(20-19)16-5-3-2-4-6-16/h2-13H,1H3. The highest BCUT2D eigenvalue weighted by Gasteiger charge is 2.06. The van der Waals surface area contributed by atoms with E-state index in [1.165, 1.54) is 5.56 Å². The number of benzene rings is 2. The molecule has 0 aliphatic heterocycles. The Bertz CT molecular complexity index is 761. The Morgan fingerprint density at radius 2 is 1.38 bits per heavy atom. The van der Waals surface area contributed by atoms with Crippen LogP contribution in [-0.2, 0) is 0 Å². The van der Waals surface area contributed by atoms with Crippen LogP contribution in [-0.4, -0.2) is 11.3 Å². The maximum Gasteiger partial charge on any atom is 0.150 e. The predicted molar refractivity (Wildman–Crippen MR) is 85.2 cm³/mol. The minimum absolute atomic E-state index is 0.638. The van der Waals surface area contributed by atoms with Crippen LogP contribution in [0.5, 0.6) is 0 Å². The number of rotatable bonds is 3. The second kappa shape index (κ2) is 5.71. The first-order valence-corrected chi connectivity index (χ1v) is 6.86. The topological polar surface area (TPSA) is 30.0 Å². The van der Waals surface area contributed by atoms with Crippen molar-refractivity contribution < 1.29 is 4.79 Å². The van der Waals surface area contributed by atoms with E-state index in [2.05, 4.69) is 6.92 Å². The largest absolute Gasteiger partial charge is 0.298 e. The fourth-order valence-electron chi connectivity index (χ4n) is 2.25. The number of hydrogen-bond acceptors (Lipinski definition) is 2. The van der Waals surface area contributed by atoms with Gasteiger partial charge in [0.05, 0.1) is 11.4 Å². The van der Waals surface area contributed by atoms with E-state index in [1.807, 2.05) is 66.7 Å². The molecule has 2 heteroatoms. The molecule has 102 valence electrons. The quantitative estimate of drug-likeness (QED) is 0.656. The van der Waals surface area contributed by atoms with Crippen LogP contribution in [0.2, 0.25) is 0 Å². The lowest BCUT2D eigenvalue weighted by Crippen LogP contribution is -1.92.